The lowest BCUT2D eigenvalue weighted by atomic mass is 10.1. The molecule has 19 heavy (non-hydrogen) atoms. The maximum atomic E-state index is 11.8. The molecular weight excluding hydrogens is 314 g/mol. The Balaban J connectivity index is 2.56. The summed E-state index contributed by atoms with van der Waals surface area (Å²) in [6.45, 7) is 1.86. The molecule has 0 fully saturated rings. The van der Waals surface area contributed by atoms with Crippen molar-refractivity contribution in [1.29, 1.82) is 0 Å². The van der Waals surface area contributed by atoms with Crippen molar-refractivity contribution < 1.29 is 4.79 Å². The van der Waals surface area contributed by atoms with E-state index in [0.29, 0.717) is 12.1 Å². The van der Waals surface area contributed by atoms with Gasteiger partial charge in [0.25, 0.3) is 11.1 Å². The monoisotopic (exact) mass is 325 g/mol. The number of benzene rings is 1. The number of carbonyl (C=O) groups is 1. The Morgan fingerprint density at radius 1 is 1.32 bits per heavy atom. The quantitative estimate of drug-likeness (QED) is 0.743. The van der Waals surface area contributed by atoms with Crippen LogP contribution in [0.15, 0.2) is 27.8 Å². The molecule has 1 amide bonds. The molecule has 2 aromatic rings. The number of amides is 1. The third kappa shape index (κ3) is 2.60. The summed E-state index contributed by atoms with van der Waals surface area (Å²) in [6, 6.07) is 4.73. The molecule has 0 radical (unpaired) electrons. The highest BCUT2D eigenvalue weighted by Gasteiger charge is 2.15. The fourth-order valence-electron chi connectivity index (χ4n) is 1.73. The van der Waals surface area contributed by atoms with Crippen LogP contribution in [0, 0.1) is 0 Å². The number of hydrogen-bond donors (Lipinski definition) is 3. The number of nitrogens with one attached hydrogen (secondary N) is 3. The van der Waals surface area contributed by atoms with Crippen LogP contribution in [0.2, 0.25) is 0 Å². The maximum absolute atomic E-state index is 11.8. The van der Waals surface area contributed by atoms with E-state index >= 15 is 0 Å². The Kier molecular flexibility index (Phi) is 3.84. The zero-order valence-corrected chi connectivity index (χ0v) is 11.7. The van der Waals surface area contributed by atoms with Crippen LogP contribution in [0.3, 0.4) is 0 Å². The van der Waals surface area contributed by atoms with Crippen molar-refractivity contribution in [2.75, 3.05) is 5.32 Å². The first-order valence-electron chi connectivity index (χ1n) is 5.73. The molecule has 1 unspecified atom stereocenters. The molecule has 1 heterocycles. The fourth-order valence-corrected chi connectivity index (χ4v) is 1.84. The van der Waals surface area contributed by atoms with Crippen molar-refractivity contribution in [2.24, 2.45) is 0 Å². The summed E-state index contributed by atoms with van der Waals surface area (Å²) in [4.78, 5) is 34.9. The molecule has 0 saturated heterocycles. The van der Waals surface area contributed by atoms with Crippen LogP contribution in [0.25, 0.3) is 10.8 Å². The highest BCUT2D eigenvalue weighted by Crippen LogP contribution is 2.18. The fraction of sp³-hybridized carbons (Fsp3) is 0.250. The lowest BCUT2D eigenvalue weighted by molar-refractivity contribution is -0.115. The first kappa shape index (κ1) is 13.5. The summed E-state index contributed by atoms with van der Waals surface area (Å²) in [7, 11) is 0. The minimum absolute atomic E-state index is 0.176. The molecule has 1 aromatic heterocycles. The van der Waals surface area contributed by atoms with Crippen molar-refractivity contribution in [3.63, 3.8) is 0 Å². The van der Waals surface area contributed by atoms with Crippen LogP contribution in [0.4, 0.5) is 5.69 Å². The molecule has 0 spiro atoms. The van der Waals surface area contributed by atoms with Gasteiger partial charge in [0.15, 0.2) is 0 Å². The Labute approximate surface area is 116 Å². The molecular formula is C12H12BrN3O3. The Morgan fingerprint density at radius 3 is 2.68 bits per heavy atom. The van der Waals surface area contributed by atoms with Crippen molar-refractivity contribution in [2.45, 2.75) is 18.2 Å². The second-order valence-corrected chi connectivity index (χ2v) is 5.11. The van der Waals surface area contributed by atoms with Gasteiger partial charge in [0, 0.05) is 0 Å². The second-order valence-electron chi connectivity index (χ2n) is 4.00. The van der Waals surface area contributed by atoms with E-state index in [-0.39, 0.29) is 21.5 Å². The lowest BCUT2D eigenvalue weighted by Gasteiger charge is -2.10. The first-order valence-corrected chi connectivity index (χ1v) is 6.64. The van der Waals surface area contributed by atoms with Gasteiger partial charge < -0.3 is 5.32 Å². The van der Waals surface area contributed by atoms with Crippen LogP contribution < -0.4 is 16.4 Å². The number of anilines is 1. The van der Waals surface area contributed by atoms with Crippen LogP contribution in [-0.2, 0) is 4.79 Å². The molecule has 1 atom stereocenters. The summed E-state index contributed by atoms with van der Waals surface area (Å²) in [5, 5.41) is 7.55. The van der Waals surface area contributed by atoms with Crippen molar-refractivity contribution in [1.82, 2.24) is 10.2 Å². The van der Waals surface area contributed by atoms with Gasteiger partial charge in [-0.25, -0.2) is 0 Å². The van der Waals surface area contributed by atoms with Crippen LogP contribution in [0.5, 0.6) is 0 Å². The number of fused-ring (bicyclic) bond motifs is 1. The molecule has 0 bridgehead atoms. The van der Waals surface area contributed by atoms with Crippen LogP contribution in [0.1, 0.15) is 13.3 Å². The molecule has 0 saturated carbocycles. The van der Waals surface area contributed by atoms with Crippen LogP contribution in [-0.4, -0.2) is 20.9 Å². The highest BCUT2D eigenvalue weighted by atomic mass is 79.9. The van der Waals surface area contributed by atoms with E-state index in [4.69, 9.17) is 0 Å². The number of aromatic amines is 2. The second kappa shape index (κ2) is 5.40. The maximum Gasteiger partial charge on any atom is 0.272 e. The van der Waals surface area contributed by atoms with Crippen molar-refractivity contribution in [3.8, 4) is 0 Å². The van der Waals surface area contributed by atoms with Gasteiger partial charge in [-0.3, -0.25) is 24.6 Å². The van der Waals surface area contributed by atoms with Gasteiger partial charge in [-0.05, 0) is 18.6 Å². The third-order valence-electron chi connectivity index (χ3n) is 2.73. The molecule has 3 N–H and O–H groups in total. The van der Waals surface area contributed by atoms with E-state index in [1.54, 1.807) is 12.1 Å². The van der Waals surface area contributed by atoms with Gasteiger partial charge in [-0.2, -0.15) is 0 Å². The van der Waals surface area contributed by atoms with E-state index in [1.807, 2.05) is 6.92 Å². The van der Waals surface area contributed by atoms with Gasteiger partial charge >= 0.3 is 0 Å². The van der Waals surface area contributed by atoms with Gasteiger partial charge in [-0.1, -0.05) is 28.9 Å². The first-order chi connectivity index (χ1) is 9.04. The van der Waals surface area contributed by atoms with Gasteiger partial charge in [0.05, 0.1) is 21.3 Å². The molecule has 0 aliphatic carbocycles. The highest BCUT2D eigenvalue weighted by molar-refractivity contribution is 9.10. The Hall–Kier alpha value is -1.89. The summed E-state index contributed by atoms with van der Waals surface area (Å²) >= 11 is 3.23. The molecule has 0 aliphatic heterocycles. The van der Waals surface area contributed by atoms with Crippen molar-refractivity contribution >= 4 is 38.3 Å². The van der Waals surface area contributed by atoms with E-state index in [1.165, 1.54) is 6.07 Å². The molecule has 0 aliphatic rings. The number of halogens is 1. The molecule has 6 nitrogen and oxygen atoms in total. The zero-order chi connectivity index (χ0) is 14.0. The molecule has 2 rings (SSSR count). The predicted octanol–water partition coefficient (Wildman–Crippen LogP) is 1.33. The number of rotatable bonds is 3. The Morgan fingerprint density at radius 2 is 2.00 bits per heavy atom. The number of H-pyrrole nitrogens is 2. The lowest BCUT2D eigenvalue weighted by Crippen LogP contribution is -2.25. The normalized spacial score (nSPS) is 12.3. The summed E-state index contributed by atoms with van der Waals surface area (Å²) < 4.78 is 0. The van der Waals surface area contributed by atoms with E-state index < -0.39 is 11.1 Å². The number of alkyl halides is 1. The average Bonchev–Trinajstić information content (AvgIpc) is 2.42. The topological polar surface area (TPSA) is 94.8 Å². The summed E-state index contributed by atoms with van der Waals surface area (Å²) in [5.41, 5.74) is -0.530. The largest absolute Gasteiger partial charge is 0.324 e. The van der Waals surface area contributed by atoms with E-state index in [0.717, 1.165) is 0 Å². The van der Waals surface area contributed by atoms with Crippen LogP contribution >= 0.6 is 15.9 Å². The number of carbonyl (C=O) groups excluding carboxylic acids is 1. The smallest absolute Gasteiger partial charge is 0.272 e. The average molecular weight is 326 g/mol. The summed E-state index contributed by atoms with van der Waals surface area (Å²) in [6.07, 6.45) is 0.619. The van der Waals surface area contributed by atoms with E-state index in [9.17, 15) is 14.4 Å². The zero-order valence-electron chi connectivity index (χ0n) is 10.1. The SMILES string of the molecule is CCC(Br)C(=O)Nc1cccc2c(=O)[nH][nH]c(=O)c12. The van der Waals surface area contributed by atoms with Gasteiger partial charge in [-0.15, -0.1) is 0 Å². The number of hydrogen-bond acceptors (Lipinski definition) is 3. The standard InChI is InChI=1S/C12H12BrN3O3/c1-2-7(13)11(18)14-8-5-3-4-6-9(8)12(19)16-15-10(6)17/h3-5,7H,2H2,1H3,(H,14,18)(H,15,17)(H,16,19). The predicted molar refractivity (Wildman–Crippen MR) is 76.8 cm³/mol. The van der Waals surface area contributed by atoms with Crippen molar-refractivity contribution in [3.05, 3.63) is 38.9 Å². The molecule has 1 aromatic carbocycles. The Bertz CT molecular complexity index is 735. The third-order valence-corrected chi connectivity index (χ3v) is 3.79. The minimum atomic E-state index is -0.451. The minimum Gasteiger partial charge on any atom is -0.324 e. The molecule has 7 heteroatoms. The van der Waals surface area contributed by atoms with Gasteiger partial charge in [0.1, 0.15) is 0 Å². The van der Waals surface area contributed by atoms with E-state index in [2.05, 4.69) is 31.4 Å². The number of aromatic nitrogens is 2. The summed E-state index contributed by atoms with van der Waals surface area (Å²) in [5.74, 6) is -0.255. The van der Waals surface area contributed by atoms with Gasteiger partial charge in [0.2, 0.25) is 5.91 Å². The molecule has 100 valence electrons.